The lowest BCUT2D eigenvalue weighted by Crippen LogP contribution is -2.27. The first-order chi connectivity index (χ1) is 14.6. The zero-order valence-corrected chi connectivity index (χ0v) is 20.7. The Hall–Kier alpha value is -3.01. The summed E-state index contributed by atoms with van der Waals surface area (Å²) in [6, 6.07) is 10.8. The van der Waals surface area contributed by atoms with Crippen molar-refractivity contribution in [2.45, 2.75) is 72.0 Å². The largest absolute Gasteiger partial charge is 0.488 e. The molecule has 0 radical (unpaired) electrons. The molecule has 2 aromatic carbocycles. The van der Waals surface area contributed by atoms with Gasteiger partial charge in [-0.3, -0.25) is 4.79 Å². The maximum absolute atomic E-state index is 12.7. The molecular formula is C28H37NO3. The van der Waals surface area contributed by atoms with Crippen LogP contribution < -0.4 is 15.2 Å². The summed E-state index contributed by atoms with van der Waals surface area (Å²) in [7, 11) is 0. The predicted molar refractivity (Wildman–Crippen MR) is 135 cm³/mol. The van der Waals surface area contributed by atoms with Crippen molar-refractivity contribution < 1.29 is 14.3 Å². The molecule has 0 aliphatic carbocycles. The van der Waals surface area contributed by atoms with Gasteiger partial charge in [0.15, 0.2) is 5.78 Å². The van der Waals surface area contributed by atoms with Gasteiger partial charge in [0.1, 0.15) is 22.7 Å². The number of hydrogen-bond donors (Lipinski definition) is 1. The third-order valence-electron chi connectivity index (χ3n) is 4.76. The summed E-state index contributed by atoms with van der Waals surface area (Å²) in [5.74, 6) is 1.29. The van der Waals surface area contributed by atoms with Crippen molar-refractivity contribution in [1.29, 1.82) is 0 Å². The van der Waals surface area contributed by atoms with E-state index in [2.05, 4.69) is 20.4 Å². The molecule has 0 aromatic heterocycles. The zero-order valence-electron chi connectivity index (χ0n) is 20.7. The molecule has 2 rings (SSSR count). The number of nitrogen functional groups attached to an aromatic ring is 1. The van der Waals surface area contributed by atoms with E-state index in [0.29, 0.717) is 17.0 Å². The molecule has 32 heavy (non-hydrogen) atoms. The SMILES string of the molecule is C=CC(C)(C)c1cc(/C=C/C(=O)c2ccc(N)cc2)c(OC(C)(C)C)cc1OC(C)(C)C. The minimum atomic E-state index is -0.419. The second-order valence-corrected chi connectivity index (χ2v) is 10.6. The summed E-state index contributed by atoms with van der Waals surface area (Å²) < 4.78 is 12.6. The smallest absolute Gasteiger partial charge is 0.185 e. The van der Waals surface area contributed by atoms with Gasteiger partial charge in [-0.25, -0.2) is 0 Å². The van der Waals surface area contributed by atoms with E-state index in [9.17, 15) is 4.79 Å². The molecule has 0 amide bonds. The van der Waals surface area contributed by atoms with Crippen LogP contribution in [0.1, 0.15) is 76.9 Å². The summed E-state index contributed by atoms with van der Waals surface area (Å²) in [5, 5.41) is 0. The second kappa shape index (κ2) is 9.23. The molecule has 0 heterocycles. The molecule has 0 bridgehead atoms. The third-order valence-corrected chi connectivity index (χ3v) is 4.76. The fourth-order valence-electron chi connectivity index (χ4n) is 3.06. The monoisotopic (exact) mass is 435 g/mol. The Labute approximate surface area is 193 Å². The van der Waals surface area contributed by atoms with Crippen LogP contribution in [0.25, 0.3) is 6.08 Å². The maximum atomic E-state index is 12.7. The van der Waals surface area contributed by atoms with Crippen LogP contribution in [0.2, 0.25) is 0 Å². The van der Waals surface area contributed by atoms with E-state index in [0.717, 1.165) is 16.9 Å². The molecule has 0 aliphatic rings. The van der Waals surface area contributed by atoms with Crippen molar-refractivity contribution in [2.24, 2.45) is 0 Å². The number of ketones is 1. The lowest BCUT2D eigenvalue weighted by molar-refractivity contribution is 0.104. The average Bonchev–Trinajstić information content (AvgIpc) is 2.65. The topological polar surface area (TPSA) is 61.6 Å². The number of ether oxygens (including phenoxy) is 2. The first-order valence-corrected chi connectivity index (χ1v) is 10.9. The van der Waals surface area contributed by atoms with Crippen LogP contribution in [-0.4, -0.2) is 17.0 Å². The molecule has 0 atom stereocenters. The molecule has 0 saturated heterocycles. The van der Waals surface area contributed by atoms with Gasteiger partial charge < -0.3 is 15.2 Å². The highest BCUT2D eigenvalue weighted by molar-refractivity contribution is 6.07. The molecule has 2 N–H and O–H groups in total. The number of benzene rings is 2. The fourth-order valence-corrected chi connectivity index (χ4v) is 3.06. The molecule has 0 unspecified atom stereocenters. The van der Waals surface area contributed by atoms with Crippen molar-refractivity contribution in [1.82, 2.24) is 0 Å². The van der Waals surface area contributed by atoms with Crippen molar-refractivity contribution in [3.8, 4) is 11.5 Å². The van der Waals surface area contributed by atoms with Crippen LogP contribution >= 0.6 is 0 Å². The van der Waals surface area contributed by atoms with Gasteiger partial charge in [-0.05, 0) is 84.0 Å². The number of carbonyl (C=O) groups is 1. The van der Waals surface area contributed by atoms with Gasteiger partial charge in [0, 0.05) is 33.9 Å². The number of rotatable bonds is 7. The number of carbonyl (C=O) groups excluding carboxylic acids is 1. The Balaban J connectivity index is 2.62. The Morgan fingerprint density at radius 2 is 1.41 bits per heavy atom. The first-order valence-electron chi connectivity index (χ1n) is 10.9. The van der Waals surface area contributed by atoms with E-state index in [1.165, 1.54) is 0 Å². The van der Waals surface area contributed by atoms with Crippen LogP contribution in [-0.2, 0) is 5.41 Å². The fraction of sp³-hybridized carbons (Fsp3) is 0.393. The normalized spacial score (nSPS) is 12.6. The minimum absolute atomic E-state index is 0.105. The average molecular weight is 436 g/mol. The lowest BCUT2D eigenvalue weighted by Gasteiger charge is -2.31. The minimum Gasteiger partial charge on any atom is -0.488 e. The highest BCUT2D eigenvalue weighted by Crippen LogP contribution is 2.40. The number of allylic oxidation sites excluding steroid dienone is 2. The third kappa shape index (κ3) is 7.01. The van der Waals surface area contributed by atoms with Gasteiger partial charge in [-0.2, -0.15) is 0 Å². The number of hydrogen-bond acceptors (Lipinski definition) is 4. The Bertz CT molecular complexity index is 1000. The predicted octanol–water partition coefficient (Wildman–Crippen LogP) is 6.98. The molecule has 0 saturated carbocycles. The summed E-state index contributed by atoms with van der Waals surface area (Å²) >= 11 is 0. The Morgan fingerprint density at radius 1 is 0.875 bits per heavy atom. The van der Waals surface area contributed by atoms with Crippen molar-refractivity contribution in [3.05, 3.63) is 71.8 Å². The molecule has 4 nitrogen and oxygen atoms in total. The lowest BCUT2D eigenvalue weighted by atomic mass is 9.83. The molecule has 4 heteroatoms. The summed E-state index contributed by atoms with van der Waals surface area (Å²) in [4.78, 5) is 12.7. The van der Waals surface area contributed by atoms with E-state index >= 15 is 0 Å². The molecule has 0 spiro atoms. The van der Waals surface area contributed by atoms with Gasteiger partial charge in [0.05, 0.1) is 0 Å². The number of anilines is 1. The Morgan fingerprint density at radius 3 is 1.91 bits per heavy atom. The van der Waals surface area contributed by atoms with Crippen LogP contribution in [0, 0.1) is 0 Å². The zero-order chi connectivity index (χ0) is 24.3. The van der Waals surface area contributed by atoms with Gasteiger partial charge in [0.25, 0.3) is 0 Å². The molecule has 0 aliphatic heterocycles. The second-order valence-electron chi connectivity index (χ2n) is 10.6. The van der Waals surface area contributed by atoms with Gasteiger partial charge in [-0.1, -0.05) is 19.9 Å². The van der Waals surface area contributed by atoms with Crippen molar-refractivity contribution >= 4 is 17.5 Å². The maximum Gasteiger partial charge on any atom is 0.185 e. The van der Waals surface area contributed by atoms with Crippen LogP contribution in [0.5, 0.6) is 11.5 Å². The quantitative estimate of drug-likeness (QED) is 0.220. The van der Waals surface area contributed by atoms with Crippen molar-refractivity contribution in [2.75, 3.05) is 5.73 Å². The van der Waals surface area contributed by atoms with Gasteiger partial charge in [-0.15, -0.1) is 6.58 Å². The summed E-state index contributed by atoms with van der Waals surface area (Å²) in [6.07, 6.45) is 5.25. The van der Waals surface area contributed by atoms with Gasteiger partial charge >= 0.3 is 0 Å². The standard InChI is InChI=1S/C28H37NO3/c1-10-28(8,9)22-17-20(13-16-23(30)19-11-14-21(29)15-12-19)24(31-26(2,3)4)18-25(22)32-27(5,6)7/h10-18H,1,29H2,2-9H3/b16-13+. The molecular weight excluding hydrogens is 398 g/mol. The van der Waals surface area contributed by atoms with Crippen LogP contribution in [0.4, 0.5) is 5.69 Å². The van der Waals surface area contributed by atoms with E-state index in [1.54, 1.807) is 36.4 Å². The molecule has 172 valence electrons. The van der Waals surface area contributed by atoms with Crippen molar-refractivity contribution in [3.63, 3.8) is 0 Å². The van der Waals surface area contributed by atoms with E-state index in [1.807, 2.05) is 59.8 Å². The van der Waals surface area contributed by atoms with E-state index in [4.69, 9.17) is 15.2 Å². The van der Waals surface area contributed by atoms with E-state index < -0.39 is 5.60 Å². The molecule has 2 aromatic rings. The van der Waals surface area contributed by atoms with E-state index in [-0.39, 0.29) is 16.8 Å². The highest BCUT2D eigenvalue weighted by atomic mass is 16.5. The van der Waals surface area contributed by atoms with Crippen LogP contribution in [0.3, 0.4) is 0 Å². The highest BCUT2D eigenvalue weighted by Gasteiger charge is 2.27. The number of nitrogens with two attached hydrogens (primary N) is 1. The van der Waals surface area contributed by atoms with Crippen LogP contribution in [0.15, 0.2) is 55.1 Å². The summed E-state index contributed by atoms with van der Waals surface area (Å²) in [5.41, 5.74) is 7.57. The first kappa shape index (κ1) is 25.3. The molecule has 0 fully saturated rings. The summed E-state index contributed by atoms with van der Waals surface area (Å²) in [6.45, 7) is 20.2. The van der Waals surface area contributed by atoms with Gasteiger partial charge in [0.2, 0.25) is 0 Å². The Kier molecular flexibility index (Phi) is 7.29.